The van der Waals surface area contributed by atoms with Crippen LogP contribution in [0.4, 0.5) is 0 Å². The first kappa shape index (κ1) is 12.2. The summed E-state index contributed by atoms with van der Waals surface area (Å²) in [4.78, 5) is 4.77. The van der Waals surface area contributed by atoms with E-state index >= 15 is 0 Å². The average Bonchev–Trinajstić information content (AvgIpc) is 2.70. The predicted molar refractivity (Wildman–Crippen MR) is 71.3 cm³/mol. The third kappa shape index (κ3) is 2.30. The quantitative estimate of drug-likeness (QED) is 0.893. The number of rotatable bonds is 3. The summed E-state index contributed by atoms with van der Waals surface area (Å²) >= 11 is 0. The van der Waals surface area contributed by atoms with Gasteiger partial charge in [-0.25, -0.2) is 4.98 Å². The van der Waals surface area contributed by atoms with Crippen LogP contribution in [-0.4, -0.2) is 20.3 Å². The minimum absolute atomic E-state index is 0.00459. The Balaban J connectivity index is 1.73. The number of nitrogens with zero attached hydrogens (tertiary/aromatic N) is 3. The molecular weight excluding hydrogens is 224 g/mol. The Bertz CT molecular complexity index is 413. The Labute approximate surface area is 109 Å². The molecule has 1 heterocycles. The van der Waals surface area contributed by atoms with Crippen LogP contribution in [0.2, 0.25) is 0 Å². The Kier molecular flexibility index (Phi) is 3.14. The minimum atomic E-state index is 0.00459. The van der Waals surface area contributed by atoms with E-state index in [-0.39, 0.29) is 5.54 Å². The lowest BCUT2D eigenvalue weighted by molar-refractivity contribution is 0.241. The molecule has 4 heteroatoms. The molecule has 0 atom stereocenters. The lowest BCUT2D eigenvalue weighted by Gasteiger charge is -2.37. The second-order valence-electron chi connectivity index (χ2n) is 6.24. The van der Waals surface area contributed by atoms with E-state index in [2.05, 4.69) is 5.10 Å². The molecule has 2 aliphatic rings. The van der Waals surface area contributed by atoms with Crippen molar-refractivity contribution < 1.29 is 0 Å². The van der Waals surface area contributed by atoms with Gasteiger partial charge in [-0.15, -0.1) is 0 Å². The maximum atomic E-state index is 6.31. The summed E-state index contributed by atoms with van der Waals surface area (Å²) in [6.45, 7) is 0. The van der Waals surface area contributed by atoms with Gasteiger partial charge in [0.1, 0.15) is 5.82 Å². The first-order valence-corrected chi connectivity index (χ1v) is 7.35. The summed E-state index contributed by atoms with van der Waals surface area (Å²) in [7, 11) is 2.01. The van der Waals surface area contributed by atoms with Crippen molar-refractivity contribution in [3.63, 3.8) is 0 Å². The highest BCUT2D eigenvalue weighted by atomic mass is 15.3. The van der Waals surface area contributed by atoms with Gasteiger partial charge in [-0.1, -0.05) is 19.3 Å². The molecule has 1 aromatic heterocycles. The van der Waals surface area contributed by atoms with Gasteiger partial charge < -0.3 is 5.73 Å². The zero-order valence-electron chi connectivity index (χ0n) is 11.4. The van der Waals surface area contributed by atoms with Crippen LogP contribution in [0.25, 0.3) is 0 Å². The van der Waals surface area contributed by atoms with Crippen LogP contribution in [-0.2, 0) is 13.5 Å². The van der Waals surface area contributed by atoms with Crippen molar-refractivity contribution >= 4 is 0 Å². The first-order valence-electron chi connectivity index (χ1n) is 7.35. The van der Waals surface area contributed by atoms with E-state index in [0.717, 1.165) is 30.9 Å². The van der Waals surface area contributed by atoms with Gasteiger partial charge in [0.15, 0.2) is 5.82 Å². The van der Waals surface area contributed by atoms with E-state index in [0.29, 0.717) is 5.92 Å². The molecule has 3 rings (SSSR count). The number of aryl methyl sites for hydroxylation is 1. The van der Waals surface area contributed by atoms with Crippen LogP contribution in [0.3, 0.4) is 0 Å². The Morgan fingerprint density at radius 1 is 1.22 bits per heavy atom. The number of aromatic nitrogens is 3. The molecule has 0 saturated heterocycles. The largest absolute Gasteiger partial charge is 0.325 e. The summed E-state index contributed by atoms with van der Waals surface area (Å²) in [5.74, 6) is 2.74. The Hall–Kier alpha value is -0.900. The molecule has 0 aromatic carbocycles. The van der Waals surface area contributed by atoms with Gasteiger partial charge in [-0.3, -0.25) is 4.68 Å². The van der Waals surface area contributed by atoms with Crippen LogP contribution in [0.5, 0.6) is 0 Å². The summed E-state index contributed by atoms with van der Waals surface area (Å²) in [5, 5.41) is 4.63. The van der Waals surface area contributed by atoms with Crippen molar-refractivity contribution in [1.29, 1.82) is 0 Å². The molecule has 18 heavy (non-hydrogen) atoms. The molecule has 1 aromatic rings. The average molecular weight is 248 g/mol. The van der Waals surface area contributed by atoms with Gasteiger partial charge in [0, 0.05) is 24.9 Å². The maximum absolute atomic E-state index is 6.31. The van der Waals surface area contributed by atoms with E-state index in [4.69, 9.17) is 10.7 Å². The molecule has 100 valence electrons. The van der Waals surface area contributed by atoms with Crippen LogP contribution in [0.15, 0.2) is 0 Å². The molecule has 4 nitrogen and oxygen atoms in total. The summed E-state index contributed by atoms with van der Waals surface area (Å²) in [6, 6.07) is 0. The number of hydrogen-bond donors (Lipinski definition) is 1. The van der Waals surface area contributed by atoms with Crippen LogP contribution in [0, 0.1) is 0 Å². The monoisotopic (exact) mass is 248 g/mol. The molecule has 0 spiro atoms. The summed E-state index contributed by atoms with van der Waals surface area (Å²) in [6.07, 6.45) is 11.0. The third-order valence-corrected chi connectivity index (χ3v) is 4.70. The van der Waals surface area contributed by atoms with Crippen LogP contribution < -0.4 is 5.73 Å². The van der Waals surface area contributed by atoms with Gasteiger partial charge in [0.2, 0.25) is 0 Å². The highest BCUT2D eigenvalue weighted by molar-refractivity contribution is 5.06. The Morgan fingerprint density at radius 3 is 2.56 bits per heavy atom. The Morgan fingerprint density at radius 2 is 1.94 bits per heavy atom. The SMILES string of the molecule is Cn1nc(C2CCCCC2)nc1CC1(N)CCC1. The predicted octanol–water partition coefficient (Wildman–Crippen LogP) is 2.29. The maximum Gasteiger partial charge on any atom is 0.154 e. The molecule has 0 radical (unpaired) electrons. The van der Waals surface area contributed by atoms with Gasteiger partial charge in [-0.2, -0.15) is 5.10 Å². The third-order valence-electron chi connectivity index (χ3n) is 4.70. The molecule has 2 aliphatic carbocycles. The van der Waals surface area contributed by atoms with Crippen molar-refractivity contribution in [3.05, 3.63) is 11.6 Å². The number of hydrogen-bond acceptors (Lipinski definition) is 3. The molecule has 0 aliphatic heterocycles. The van der Waals surface area contributed by atoms with Crippen molar-refractivity contribution in [2.24, 2.45) is 12.8 Å². The van der Waals surface area contributed by atoms with Crippen molar-refractivity contribution in [2.45, 2.75) is 69.2 Å². The first-order chi connectivity index (χ1) is 8.66. The van der Waals surface area contributed by atoms with E-state index in [1.807, 2.05) is 11.7 Å². The highest BCUT2D eigenvalue weighted by Gasteiger charge is 2.34. The fraction of sp³-hybridized carbons (Fsp3) is 0.857. The van der Waals surface area contributed by atoms with Crippen LogP contribution >= 0.6 is 0 Å². The van der Waals surface area contributed by atoms with Crippen molar-refractivity contribution in [3.8, 4) is 0 Å². The second-order valence-corrected chi connectivity index (χ2v) is 6.24. The fourth-order valence-corrected chi connectivity index (χ4v) is 3.25. The standard InChI is InChI=1S/C14H24N4/c1-18-12(10-14(15)8-5-9-14)16-13(17-18)11-6-3-2-4-7-11/h11H,2-10,15H2,1H3. The molecular formula is C14H24N4. The molecule has 2 saturated carbocycles. The topological polar surface area (TPSA) is 56.7 Å². The molecule has 2 N–H and O–H groups in total. The molecule has 0 amide bonds. The van der Waals surface area contributed by atoms with Crippen molar-refractivity contribution in [2.75, 3.05) is 0 Å². The van der Waals surface area contributed by atoms with Crippen LogP contribution in [0.1, 0.15) is 68.9 Å². The fourth-order valence-electron chi connectivity index (χ4n) is 3.25. The van der Waals surface area contributed by atoms with E-state index in [1.54, 1.807) is 0 Å². The smallest absolute Gasteiger partial charge is 0.154 e. The van der Waals surface area contributed by atoms with E-state index < -0.39 is 0 Å². The van der Waals surface area contributed by atoms with Gasteiger partial charge >= 0.3 is 0 Å². The lowest BCUT2D eigenvalue weighted by atomic mass is 9.75. The van der Waals surface area contributed by atoms with Gasteiger partial charge in [-0.05, 0) is 32.1 Å². The van der Waals surface area contributed by atoms with E-state index in [1.165, 1.54) is 38.5 Å². The van der Waals surface area contributed by atoms with E-state index in [9.17, 15) is 0 Å². The molecule has 0 unspecified atom stereocenters. The second kappa shape index (κ2) is 4.65. The molecule has 2 fully saturated rings. The lowest BCUT2D eigenvalue weighted by Crippen LogP contribution is -2.48. The summed E-state index contributed by atoms with van der Waals surface area (Å²) in [5.41, 5.74) is 6.31. The zero-order valence-corrected chi connectivity index (χ0v) is 11.4. The summed E-state index contributed by atoms with van der Waals surface area (Å²) < 4.78 is 1.96. The van der Waals surface area contributed by atoms with Crippen molar-refractivity contribution in [1.82, 2.24) is 14.8 Å². The molecule has 0 bridgehead atoms. The number of nitrogens with two attached hydrogens (primary N) is 1. The highest BCUT2D eigenvalue weighted by Crippen LogP contribution is 2.33. The van der Waals surface area contributed by atoms with Gasteiger partial charge in [0.05, 0.1) is 0 Å². The normalized spacial score (nSPS) is 23.9. The zero-order chi connectivity index (χ0) is 12.6. The van der Waals surface area contributed by atoms with Gasteiger partial charge in [0.25, 0.3) is 0 Å². The minimum Gasteiger partial charge on any atom is -0.325 e.